The normalized spacial score (nSPS) is 11.5. The molecule has 22 heteroatoms. The highest BCUT2D eigenvalue weighted by Crippen LogP contribution is 2.39. The predicted molar refractivity (Wildman–Crippen MR) is 173 cm³/mol. The number of benzene rings is 4. The molecule has 0 bridgehead atoms. The van der Waals surface area contributed by atoms with Gasteiger partial charge in [0.05, 0.1) is 43.9 Å². The average Bonchev–Trinajstić information content (AvgIpc) is 3.01. The minimum Gasteiger partial charge on any atom is -0.487 e. The molecule has 0 radical (unpaired) electrons. The topological polar surface area (TPSA) is 177 Å². The van der Waals surface area contributed by atoms with Crippen LogP contribution in [-0.4, -0.2) is 37.0 Å². The lowest BCUT2D eigenvalue weighted by Gasteiger charge is -2.12. The van der Waals surface area contributed by atoms with Crippen LogP contribution in [0.25, 0.3) is 0 Å². The van der Waals surface area contributed by atoms with Gasteiger partial charge in [-0.2, -0.15) is 26.3 Å². The highest BCUT2D eigenvalue weighted by Gasteiger charge is 2.32. The van der Waals surface area contributed by atoms with E-state index in [4.69, 9.17) is 37.4 Å². The summed E-state index contributed by atoms with van der Waals surface area (Å²) in [6.07, 6.45) is -8.46. The number of nitrogens with zero attached hydrogens (tertiary/aromatic N) is 2. The number of nitro benzene ring substituents is 2. The van der Waals surface area contributed by atoms with E-state index in [1.165, 1.54) is 18.2 Å². The first-order valence-electron chi connectivity index (χ1n) is 13.8. The number of hydrogen-bond donors (Lipinski definition) is 1. The standard InChI is InChI=1S/C15H10ClF3N2O6S.C15H11ClF3NO4/c1-28(25,26)20-14(22)10-7-9(3-4-12(10)21(23)24)27-13-5-2-8(6-11(13)16)15(17,18)19;1-2-23-14-8-10(4-5-12(14)20(21)22)24-13-6-3-9(7-11(13)16)15(17,18)19/h2-7H,1H3,(H,20,22);3-8H,2H2,1H3. The van der Waals surface area contributed by atoms with Crippen molar-refractivity contribution in [3.63, 3.8) is 0 Å². The molecule has 13 nitrogen and oxygen atoms in total. The van der Waals surface area contributed by atoms with Crippen molar-refractivity contribution in [2.45, 2.75) is 19.3 Å². The zero-order valence-corrected chi connectivity index (χ0v) is 28.4. The lowest BCUT2D eigenvalue weighted by Crippen LogP contribution is -2.29. The summed E-state index contributed by atoms with van der Waals surface area (Å²) in [6.45, 7) is 1.86. The minimum absolute atomic E-state index is 0.0111. The number of alkyl halides is 6. The Bertz CT molecular complexity index is 2120. The van der Waals surface area contributed by atoms with Crippen molar-refractivity contribution in [3.05, 3.63) is 120 Å². The zero-order chi connectivity index (χ0) is 39.2. The molecule has 0 aliphatic rings. The SMILES string of the molecule is CCOc1cc(Oc2ccc(C(F)(F)F)cc2Cl)ccc1[N+](=O)[O-].CS(=O)(=O)NC(=O)c1cc(Oc2ccc(C(F)(F)F)cc2Cl)ccc1[N+](=O)[O-]. The highest BCUT2D eigenvalue weighted by molar-refractivity contribution is 7.89. The first-order chi connectivity index (χ1) is 24.0. The quantitative estimate of drug-likeness (QED) is 0.0924. The molecule has 0 aliphatic heterocycles. The fourth-order valence-corrected chi connectivity index (χ4v) is 4.78. The molecular formula is C30H21Cl2F6N3O10S. The van der Waals surface area contributed by atoms with Gasteiger partial charge in [0.1, 0.15) is 28.6 Å². The third-order valence-electron chi connectivity index (χ3n) is 6.09. The van der Waals surface area contributed by atoms with Gasteiger partial charge in [0.2, 0.25) is 15.8 Å². The van der Waals surface area contributed by atoms with Crippen LogP contribution in [0.5, 0.6) is 28.7 Å². The Morgan fingerprint density at radius 2 is 1.17 bits per heavy atom. The van der Waals surface area contributed by atoms with Crippen LogP contribution in [0.2, 0.25) is 10.0 Å². The summed E-state index contributed by atoms with van der Waals surface area (Å²) in [5.41, 5.74) is -3.49. The Balaban J connectivity index is 0.000000284. The number of ether oxygens (including phenoxy) is 3. The largest absolute Gasteiger partial charge is 0.487 e. The first-order valence-corrected chi connectivity index (χ1v) is 16.5. The molecule has 0 fully saturated rings. The number of nitro groups is 2. The molecule has 0 saturated carbocycles. The van der Waals surface area contributed by atoms with E-state index < -0.39 is 65.5 Å². The van der Waals surface area contributed by atoms with E-state index in [0.717, 1.165) is 42.5 Å². The van der Waals surface area contributed by atoms with Crippen LogP contribution in [0.3, 0.4) is 0 Å². The molecule has 1 N–H and O–H groups in total. The number of carbonyl (C=O) groups excluding carboxylic acids is 1. The Labute approximate surface area is 299 Å². The lowest BCUT2D eigenvalue weighted by molar-refractivity contribution is -0.385. The Morgan fingerprint density at radius 1 is 0.731 bits per heavy atom. The van der Waals surface area contributed by atoms with E-state index >= 15 is 0 Å². The fraction of sp³-hybridized carbons (Fsp3) is 0.167. The maximum absolute atomic E-state index is 12.7. The number of sulfonamides is 1. The molecule has 0 aromatic heterocycles. The van der Waals surface area contributed by atoms with Crippen LogP contribution >= 0.6 is 23.2 Å². The van der Waals surface area contributed by atoms with Crippen molar-refractivity contribution < 1.29 is 63.6 Å². The smallest absolute Gasteiger partial charge is 0.416 e. The van der Waals surface area contributed by atoms with E-state index in [-0.39, 0.29) is 46.1 Å². The van der Waals surface area contributed by atoms with E-state index in [9.17, 15) is 59.8 Å². The average molecular weight is 800 g/mol. The molecule has 1 amide bonds. The maximum Gasteiger partial charge on any atom is 0.416 e. The monoisotopic (exact) mass is 799 g/mol. The number of nitrogens with one attached hydrogen (secondary N) is 1. The third kappa shape index (κ3) is 11.3. The summed E-state index contributed by atoms with van der Waals surface area (Å²) in [5, 5.41) is 21.3. The molecule has 4 rings (SSSR count). The molecule has 0 unspecified atom stereocenters. The van der Waals surface area contributed by atoms with Gasteiger partial charge in [-0.15, -0.1) is 0 Å². The molecule has 4 aromatic rings. The van der Waals surface area contributed by atoms with Crippen LogP contribution in [0.1, 0.15) is 28.4 Å². The van der Waals surface area contributed by atoms with E-state index in [1.807, 2.05) is 0 Å². The molecule has 0 aliphatic carbocycles. The van der Waals surface area contributed by atoms with Crippen LogP contribution < -0.4 is 18.9 Å². The highest BCUT2D eigenvalue weighted by atomic mass is 35.5. The minimum atomic E-state index is -4.62. The van der Waals surface area contributed by atoms with Gasteiger partial charge in [-0.3, -0.25) is 25.0 Å². The molecular weight excluding hydrogens is 779 g/mol. The molecule has 52 heavy (non-hydrogen) atoms. The van der Waals surface area contributed by atoms with E-state index in [0.29, 0.717) is 18.4 Å². The Morgan fingerprint density at radius 3 is 1.56 bits per heavy atom. The van der Waals surface area contributed by atoms with Crippen LogP contribution in [0.15, 0.2) is 72.8 Å². The summed E-state index contributed by atoms with van der Waals surface area (Å²) in [5.74, 6) is -1.56. The second-order valence-electron chi connectivity index (χ2n) is 9.95. The number of rotatable bonds is 10. The van der Waals surface area contributed by atoms with Gasteiger partial charge in [-0.1, -0.05) is 23.2 Å². The van der Waals surface area contributed by atoms with E-state index in [2.05, 4.69) is 0 Å². The van der Waals surface area contributed by atoms with Crippen molar-refractivity contribution in [2.75, 3.05) is 12.9 Å². The third-order valence-corrected chi connectivity index (χ3v) is 7.24. The van der Waals surface area contributed by atoms with Crippen molar-refractivity contribution in [2.24, 2.45) is 0 Å². The van der Waals surface area contributed by atoms with Gasteiger partial charge < -0.3 is 14.2 Å². The fourth-order valence-electron chi connectivity index (χ4n) is 3.90. The lowest BCUT2D eigenvalue weighted by atomic mass is 10.1. The van der Waals surface area contributed by atoms with Gasteiger partial charge in [-0.25, -0.2) is 13.1 Å². The molecule has 278 valence electrons. The van der Waals surface area contributed by atoms with Gasteiger partial charge in [0, 0.05) is 24.3 Å². The van der Waals surface area contributed by atoms with Gasteiger partial charge in [0.25, 0.3) is 11.6 Å². The summed E-state index contributed by atoms with van der Waals surface area (Å²) < 4.78 is 116. The summed E-state index contributed by atoms with van der Waals surface area (Å²) in [4.78, 5) is 32.5. The zero-order valence-electron chi connectivity index (χ0n) is 26.0. The summed E-state index contributed by atoms with van der Waals surface area (Å²) >= 11 is 11.6. The van der Waals surface area contributed by atoms with Gasteiger partial charge in [-0.05, 0) is 55.5 Å². The van der Waals surface area contributed by atoms with Crippen LogP contribution in [0, 0.1) is 20.2 Å². The van der Waals surface area contributed by atoms with Crippen molar-refractivity contribution in [3.8, 4) is 28.7 Å². The number of carbonyl (C=O) groups is 1. The number of halogens is 8. The van der Waals surface area contributed by atoms with E-state index in [1.54, 1.807) is 11.6 Å². The summed E-state index contributed by atoms with van der Waals surface area (Å²) in [6, 6.07) is 11.5. The Hall–Kier alpha value is -5.34. The molecule has 0 saturated heterocycles. The van der Waals surface area contributed by atoms with Gasteiger partial charge in [0.15, 0.2) is 0 Å². The maximum atomic E-state index is 12.7. The van der Waals surface area contributed by atoms with Crippen molar-refractivity contribution >= 4 is 50.5 Å². The number of amides is 1. The predicted octanol–water partition coefficient (Wildman–Crippen LogP) is 9.21. The Kier molecular flexibility index (Phi) is 12.9. The van der Waals surface area contributed by atoms with Crippen molar-refractivity contribution in [1.29, 1.82) is 0 Å². The molecule has 4 aromatic carbocycles. The second-order valence-corrected chi connectivity index (χ2v) is 12.5. The summed E-state index contributed by atoms with van der Waals surface area (Å²) in [7, 11) is -4.00. The first kappa shape index (κ1) is 41.1. The van der Waals surface area contributed by atoms with Crippen LogP contribution in [-0.2, 0) is 22.4 Å². The molecule has 0 heterocycles. The molecule has 0 spiro atoms. The number of hydrogen-bond acceptors (Lipinski definition) is 10. The van der Waals surface area contributed by atoms with Crippen molar-refractivity contribution in [1.82, 2.24) is 4.72 Å². The second kappa shape index (κ2) is 16.3. The molecule has 0 atom stereocenters. The van der Waals surface area contributed by atoms with Crippen LogP contribution in [0.4, 0.5) is 37.7 Å². The van der Waals surface area contributed by atoms with Gasteiger partial charge >= 0.3 is 18.0 Å².